The predicted octanol–water partition coefficient (Wildman–Crippen LogP) is -0.0931. The second-order valence-corrected chi connectivity index (χ2v) is 8.38. The van der Waals surface area contributed by atoms with Crippen LogP contribution in [0.15, 0.2) is 0 Å². The molecular weight excluding hydrogens is 280 g/mol. The lowest BCUT2D eigenvalue weighted by Crippen LogP contribution is -2.39. The molecule has 3 aliphatic rings. The molecule has 20 heavy (non-hydrogen) atoms. The van der Waals surface area contributed by atoms with Crippen LogP contribution >= 0.6 is 0 Å². The molecule has 1 amide bonds. The molecule has 3 rings (SSSR count). The molecule has 0 aromatic heterocycles. The van der Waals surface area contributed by atoms with E-state index in [0.717, 1.165) is 25.9 Å². The van der Waals surface area contributed by atoms with E-state index in [2.05, 4.69) is 0 Å². The number of ether oxygens (including phenoxy) is 1. The lowest BCUT2D eigenvalue weighted by Gasteiger charge is -2.28. The van der Waals surface area contributed by atoms with E-state index >= 15 is 0 Å². The van der Waals surface area contributed by atoms with E-state index in [0.29, 0.717) is 32.7 Å². The molecule has 0 bridgehead atoms. The van der Waals surface area contributed by atoms with Gasteiger partial charge in [0.05, 0.1) is 19.5 Å². The van der Waals surface area contributed by atoms with Crippen LogP contribution in [0.4, 0.5) is 0 Å². The highest BCUT2D eigenvalue weighted by molar-refractivity contribution is 7.88. The predicted molar refractivity (Wildman–Crippen MR) is 73.6 cm³/mol. The first-order valence-corrected chi connectivity index (χ1v) is 9.06. The van der Waals surface area contributed by atoms with Crippen molar-refractivity contribution in [1.29, 1.82) is 0 Å². The van der Waals surface area contributed by atoms with Crippen LogP contribution < -0.4 is 0 Å². The number of rotatable bonds is 3. The summed E-state index contributed by atoms with van der Waals surface area (Å²) in [6.45, 7) is 3.68. The molecule has 0 radical (unpaired) electrons. The van der Waals surface area contributed by atoms with Gasteiger partial charge in [0.1, 0.15) is 0 Å². The lowest BCUT2D eigenvalue weighted by atomic mass is 9.78. The summed E-state index contributed by atoms with van der Waals surface area (Å²) in [6, 6.07) is 0. The highest BCUT2D eigenvalue weighted by atomic mass is 32.2. The largest absolute Gasteiger partial charge is 0.380 e. The smallest absolute Gasteiger partial charge is 0.223 e. The SMILES string of the molecule is CS(=O)(=O)N1C[C@H]2COC[C@@]2(CC(=O)N2CCCC2)C1. The molecule has 3 saturated heterocycles. The quantitative estimate of drug-likeness (QED) is 0.730. The molecular formula is C13H22N2O4S. The maximum absolute atomic E-state index is 12.4. The van der Waals surface area contributed by atoms with E-state index in [1.165, 1.54) is 10.6 Å². The first-order chi connectivity index (χ1) is 9.41. The zero-order valence-electron chi connectivity index (χ0n) is 11.9. The highest BCUT2D eigenvalue weighted by Crippen LogP contribution is 2.45. The number of hydrogen-bond acceptors (Lipinski definition) is 4. The number of amides is 1. The van der Waals surface area contributed by atoms with Gasteiger partial charge in [-0.2, -0.15) is 0 Å². The molecule has 2 atom stereocenters. The summed E-state index contributed by atoms with van der Waals surface area (Å²) in [4.78, 5) is 14.3. The molecule has 3 aliphatic heterocycles. The number of sulfonamides is 1. The van der Waals surface area contributed by atoms with Crippen LogP contribution in [-0.4, -0.2) is 69.2 Å². The van der Waals surface area contributed by atoms with Crippen molar-refractivity contribution in [1.82, 2.24) is 9.21 Å². The van der Waals surface area contributed by atoms with Crippen LogP contribution in [0.25, 0.3) is 0 Å². The number of fused-ring (bicyclic) bond motifs is 1. The minimum Gasteiger partial charge on any atom is -0.380 e. The summed E-state index contributed by atoms with van der Waals surface area (Å²) in [7, 11) is -3.18. The Balaban J connectivity index is 1.74. The molecule has 7 heteroatoms. The van der Waals surface area contributed by atoms with Crippen LogP contribution in [0.5, 0.6) is 0 Å². The molecule has 0 N–H and O–H groups in total. The Hall–Kier alpha value is -0.660. The van der Waals surface area contributed by atoms with E-state index < -0.39 is 10.0 Å². The molecule has 6 nitrogen and oxygen atoms in total. The summed E-state index contributed by atoms with van der Waals surface area (Å²) in [5, 5.41) is 0. The fraction of sp³-hybridized carbons (Fsp3) is 0.923. The molecule has 0 aromatic carbocycles. The Morgan fingerprint density at radius 2 is 2.05 bits per heavy atom. The molecule has 0 aliphatic carbocycles. The van der Waals surface area contributed by atoms with E-state index in [1.54, 1.807) is 0 Å². The van der Waals surface area contributed by atoms with Gasteiger partial charge >= 0.3 is 0 Å². The van der Waals surface area contributed by atoms with E-state index in [-0.39, 0.29) is 17.2 Å². The molecule has 3 fully saturated rings. The second kappa shape index (κ2) is 4.96. The second-order valence-electron chi connectivity index (χ2n) is 6.39. The Morgan fingerprint density at radius 3 is 2.70 bits per heavy atom. The van der Waals surface area contributed by atoms with Crippen LogP contribution in [-0.2, 0) is 19.6 Å². The van der Waals surface area contributed by atoms with Crippen molar-refractivity contribution in [2.45, 2.75) is 19.3 Å². The van der Waals surface area contributed by atoms with Crippen molar-refractivity contribution < 1.29 is 17.9 Å². The minimum atomic E-state index is -3.18. The van der Waals surface area contributed by atoms with Gasteiger partial charge in [0.25, 0.3) is 0 Å². The van der Waals surface area contributed by atoms with Crippen LogP contribution in [0.1, 0.15) is 19.3 Å². The summed E-state index contributed by atoms with van der Waals surface area (Å²) in [5.41, 5.74) is -0.303. The van der Waals surface area contributed by atoms with Gasteiger partial charge in [-0.05, 0) is 12.8 Å². The van der Waals surface area contributed by atoms with E-state index in [9.17, 15) is 13.2 Å². The monoisotopic (exact) mass is 302 g/mol. The first-order valence-electron chi connectivity index (χ1n) is 7.21. The van der Waals surface area contributed by atoms with Crippen molar-refractivity contribution in [3.8, 4) is 0 Å². The Bertz CT molecular complexity index is 501. The third kappa shape index (κ3) is 2.46. The number of nitrogens with zero attached hydrogens (tertiary/aromatic N) is 2. The molecule has 0 unspecified atom stereocenters. The van der Waals surface area contributed by atoms with E-state index in [1.807, 2.05) is 4.90 Å². The van der Waals surface area contributed by atoms with Crippen LogP contribution in [0.2, 0.25) is 0 Å². The number of carbonyl (C=O) groups is 1. The van der Waals surface area contributed by atoms with Crippen molar-refractivity contribution in [3.05, 3.63) is 0 Å². The lowest BCUT2D eigenvalue weighted by molar-refractivity contribution is -0.132. The zero-order valence-corrected chi connectivity index (χ0v) is 12.7. The highest BCUT2D eigenvalue weighted by Gasteiger charge is 2.53. The third-order valence-corrected chi connectivity index (χ3v) is 6.14. The number of likely N-dealkylation sites (tertiary alicyclic amines) is 1. The maximum atomic E-state index is 12.4. The molecule has 3 heterocycles. The summed E-state index contributed by atoms with van der Waals surface area (Å²) in [5.74, 6) is 0.317. The third-order valence-electron chi connectivity index (χ3n) is 4.92. The molecule has 0 saturated carbocycles. The topological polar surface area (TPSA) is 66.9 Å². The Labute approximate surface area is 120 Å². The van der Waals surface area contributed by atoms with E-state index in [4.69, 9.17) is 4.74 Å². The average molecular weight is 302 g/mol. The van der Waals surface area contributed by atoms with Gasteiger partial charge < -0.3 is 9.64 Å². The Morgan fingerprint density at radius 1 is 1.35 bits per heavy atom. The van der Waals surface area contributed by atoms with Crippen LogP contribution in [0, 0.1) is 11.3 Å². The molecule has 114 valence electrons. The summed E-state index contributed by atoms with van der Waals surface area (Å²) in [6.07, 6.45) is 3.82. The van der Waals surface area contributed by atoms with Crippen molar-refractivity contribution in [3.63, 3.8) is 0 Å². The van der Waals surface area contributed by atoms with Gasteiger partial charge in [0.2, 0.25) is 15.9 Å². The maximum Gasteiger partial charge on any atom is 0.223 e. The normalized spacial score (nSPS) is 34.6. The van der Waals surface area contributed by atoms with Gasteiger partial charge in [-0.3, -0.25) is 4.79 Å². The van der Waals surface area contributed by atoms with Gasteiger partial charge in [-0.1, -0.05) is 0 Å². The van der Waals surface area contributed by atoms with Gasteiger partial charge in [-0.25, -0.2) is 12.7 Å². The Kier molecular flexibility index (Phi) is 3.54. The van der Waals surface area contributed by atoms with Crippen molar-refractivity contribution in [2.75, 3.05) is 45.6 Å². The van der Waals surface area contributed by atoms with Gasteiger partial charge in [-0.15, -0.1) is 0 Å². The minimum absolute atomic E-state index is 0.156. The van der Waals surface area contributed by atoms with Crippen molar-refractivity contribution >= 4 is 15.9 Å². The standard InChI is InChI=1S/C13H22N2O4S/c1-20(17,18)15-7-11-8-19-10-13(11,9-15)6-12(16)14-4-2-3-5-14/h11H,2-10H2,1H3/t11-,13+/m0/s1. The fourth-order valence-corrected chi connectivity index (χ4v) is 4.61. The zero-order chi connectivity index (χ0) is 14.4. The first kappa shape index (κ1) is 14.3. The average Bonchev–Trinajstić information content (AvgIpc) is 3.00. The van der Waals surface area contributed by atoms with Crippen LogP contribution in [0.3, 0.4) is 0 Å². The molecule has 0 spiro atoms. The summed E-state index contributed by atoms with van der Waals surface area (Å²) < 4.78 is 30.5. The number of hydrogen-bond donors (Lipinski definition) is 0. The van der Waals surface area contributed by atoms with Gasteiger partial charge in [0.15, 0.2) is 0 Å². The number of carbonyl (C=O) groups excluding carboxylic acids is 1. The van der Waals surface area contributed by atoms with Gasteiger partial charge in [0, 0.05) is 43.9 Å². The fourth-order valence-electron chi connectivity index (χ4n) is 3.67. The van der Waals surface area contributed by atoms with Crippen molar-refractivity contribution in [2.24, 2.45) is 11.3 Å². The summed E-state index contributed by atoms with van der Waals surface area (Å²) >= 11 is 0. The molecule has 0 aromatic rings.